The molecule has 0 aliphatic carbocycles. The van der Waals surface area contributed by atoms with Crippen LogP contribution in [-0.4, -0.2) is 27.4 Å². The Kier molecular flexibility index (Phi) is 5.54. The van der Waals surface area contributed by atoms with Crippen molar-refractivity contribution in [1.29, 1.82) is 0 Å². The molecule has 0 saturated carbocycles. The summed E-state index contributed by atoms with van der Waals surface area (Å²) in [4.78, 5) is 14.9. The summed E-state index contributed by atoms with van der Waals surface area (Å²) in [7, 11) is -3.96. The highest BCUT2D eigenvalue weighted by atomic mass is 35.5. The molecule has 0 atom stereocenters. The van der Waals surface area contributed by atoms with Crippen LogP contribution in [0.2, 0.25) is 5.02 Å². The molecule has 0 aromatic heterocycles. The maximum absolute atomic E-state index is 13.4. The van der Waals surface area contributed by atoms with Crippen LogP contribution in [0.3, 0.4) is 0 Å². The van der Waals surface area contributed by atoms with Gasteiger partial charge in [-0.15, -0.1) is 0 Å². The number of fused-ring (bicyclic) bond motifs is 1. The molecular weight excluding hydrogens is 420 g/mol. The summed E-state index contributed by atoms with van der Waals surface area (Å²) in [6, 6.07) is 20.8. The highest BCUT2D eigenvalue weighted by molar-refractivity contribution is 7.92. The molecule has 3 aromatic carbocycles. The Bertz CT molecular complexity index is 1180. The number of anilines is 2. The molecule has 0 radical (unpaired) electrons. The molecule has 30 heavy (non-hydrogen) atoms. The van der Waals surface area contributed by atoms with Gasteiger partial charge >= 0.3 is 0 Å². The van der Waals surface area contributed by atoms with E-state index in [4.69, 9.17) is 11.6 Å². The minimum atomic E-state index is -3.96. The average molecular weight is 441 g/mol. The lowest BCUT2D eigenvalue weighted by Crippen LogP contribution is -2.42. The SMILES string of the molecule is Cc1ccc(N(CC(=O)N2CCc3ccccc32)S(=O)(=O)c2ccc(Cl)cc2)cc1. The van der Waals surface area contributed by atoms with Gasteiger partial charge in [0, 0.05) is 17.3 Å². The van der Waals surface area contributed by atoms with E-state index < -0.39 is 10.0 Å². The van der Waals surface area contributed by atoms with Gasteiger partial charge in [-0.25, -0.2) is 8.42 Å². The van der Waals surface area contributed by atoms with Gasteiger partial charge in [0.2, 0.25) is 5.91 Å². The Hall–Kier alpha value is -2.83. The predicted octanol–water partition coefficient (Wildman–Crippen LogP) is 4.43. The van der Waals surface area contributed by atoms with Gasteiger partial charge in [-0.3, -0.25) is 9.10 Å². The summed E-state index contributed by atoms with van der Waals surface area (Å²) in [5.74, 6) is -0.266. The zero-order valence-corrected chi connectivity index (χ0v) is 18.0. The molecule has 3 aromatic rings. The van der Waals surface area contributed by atoms with Gasteiger partial charge < -0.3 is 4.90 Å². The van der Waals surface area contributed by atoms with Crippen molar-refractivity contribution in [2.24, 2.45) is 0 Å². The summed E-state index contributed by atoms with van der Waals surface area (Å²) >= 11 is 5.92. The van der Waals surface area contributed by atoms with Crippen molar-refractivity contribution in [3.63, 3.8) is 0 Å². The quantitative estimate of drug-likeness (QED) is 0.589. The van der Waals surface area contributed by atoms with E-state index in [1.54, 1.807) is 17.0 Å². The van der Waals surface area contributed by atoms with E-state index in [1.165, 1.54) is 28.6 Å². The summed E-state index contributed by atoms with van der Waals surface area (Å²) < 4.78 is 28.0. The van der Waals surface area contributed by atoms with Crippen LogP contribution < -0.4 is 9.21 Å². The number of aryl methyl sites for hydroxylation is 1. The first kappa shape index (κ1) is 20.4. The van der Waals surface area contributed by atoms with Crippen LogP contribution in [0.15, 0.2) is 77.7 Å². The number of para-hydroxylation sites is 1. The zero-order chi connectivity index (χ0) is 21.3. The van der Waals surface area contributed by atoms with Gasteiger partial charge in [0.15, 0.2) is 0 Å². The third-order valence-electron chi connectivity index (χ3n) is 5.19. The van der Waals surface area contributed by atoms with Crippen molar-refractivity contribution < 1.29 is 13.2 Å². The number of hydrogen-bond acceptors (Lipinski definition) is 3. The van der Waals surface area contributed by atoms with Crippen LogP contribution in [0.4, 0.5) is 11.4 Å². The molecule has 1 amide bonds. The highest BCUT2D eigenvalue weighted by Crippen LogP contribution is 2.29. The number of nitrogens with zero attached hydrogens (tertiary/aromatic N) is 2. The van der Waals surface area contributed by atoms with Gasteiger partial charge in [0.05, 0.1) is 10.6 Å². The van der Waals surface area contributed by atoms with Gasteiger partial charge in [0.25, 0.3) is 10.0 Å². The molecule has 0 unspecified atom stereocenters. The van der Waals surface area contributed by atoms with Crippen LogP contribution >= 0.6 is 11.6 Å². The summed E-state index contributed by atoms with van der Waals surface area (Å²) in [6.45, 7) is 2.18. The molecule has 1 aliphatic heterocycles. The second kappa shape index (κ2) is 8.13. The van der Waals surface area contributed by atoms with Crippen molar-refractivity contribution in [2.45, 2.75) is 18.2 Å². The number of benzene rings is 3. The van der Waals surface area contributed by atoms with Crippen molar-refractivity contribution >= 4 is 38.9 Å². The van der Waals surface area contributed by atoms with Gasteiger partial charge in [-0.2, -0.15) is 0 Å². The normalized spacial score (nSPS) is 13.2. The summed E-state index contributed by atoms with van der Waals surface area (Å²) in [5, 5.41) is 0.445. The molecule has 7 heteroatoms. The Labute approximate surface area is 181 Å². The van der Waals surface area contributed by atoms with E-state index in [0.717, 1.165) is 23.2 Å². The lowest BCUT2D eigenvalue weighted by atomic mass is 10.2. The average Bonchev–Trinajstić information content (AvgIpc) is 3.17. The predicted molar refractivity (Wildman–Crippen MR) is 120 cm³/mol. The Balaban J connectivity index is 1.70. The van der Waals surface area contributed by atoms with Crippen molar-refractivity contribution in [3.8, 4) is 0 Å². The monoisotopic (exact) mass is 440 g/mol. The Morgan fingerprint density at radius 1 is 1.00 bits per heavy atom. The lowest BCUT2D eigenvalue weighted by Gasteiger charge is -2.27. The molecule has 0 fully saturated rings. The number of carbonyl (C=O) groups excluding carboxylic acids is 1. The van der Waals surface area contributed by atoms with E-state index in [1.807, 2.05) is 43.3 Å². The van der Waals surface area contributed by atoms with Gasteiger partial charge in [0.1, 0.15) is 6.54 Å². The first-order valence-electron chi connectivity index (χ1n) is 9.59. The zero-order valence-electron chi connectivity index (χ0n) is 16.5. The van der Waals surface area contributed by atoms with Crippen LogP contribution in [-0.2, 0) is 21.2 Å². The van der Waals surface area contributed by atoms with E-state index in [2.05, 4.69) is 0 Å². The second-order valence-electron chi connectivity index (χ2n) is 7.23. The van der Waals surface area contributed by atoms with Crippen LogP contribution in [0.25, 0.3) is 0 Å². The molecule has 5 nitrogen and oxygen atoms in total. The molecule has 0 N–H and O–H groups in total. The van der Waals surface area contributed by atoms with Crippen LogP contribution in [0.1, 0.15) is 11.1 Å². The van der Waals surface area contributed by atoms with Crippen molar-refractivity contribution in [2.75, 3.05) is 22.3 Å². The number of halogens is 1. The molecule has 4 rings (SSSR count). The first-order valence-corrected chi connectivity index (χ1v) is 11.4. The van der Waals surface area contributed by atoms with E-state index >= 15 is 0 Å². The third kappa shape index (κ3) is 3.93. The van der Waals surface area contributed by atoms with E-state index in [0.29, 0.717) is 17.3 Å². The number of carbonyl (C=O) groups is 1. The molecule has 0 spiro atoms. The summed E-state index contributed by atoms with van der Waals surface area (Å²) in [5.41, 5.74) is 3.38. The Morgan fingerprint density at radius 2 is 1.67 bits per heavy atom. The second-order valence-corrected chi connectivity index (χ2v) is 9.52. The Morgan fingerprint density at radius 3 is 2.37 bits per heavy atom. The third-order valence-corrected chi connectivity index (χ3v) is 7.23. The molecule has 0 saturated heterocycles. The number of rotatable bonds is 5. The maximum Gasteiger partial charge on any atom is 0.264 e. The molecule has 154 valence electrons. The lowest BCUT2D eigenvalue weighted by molar-refractivity contribution is -0.117. The topological polar surface area (TPSA) is 57.7 Å². The largest absolute Gasteiger partial charge is 0.310 e. The van der Waals surface area contributed by atoms with Gasteiger partial charge in [-0.05, 0) is 61.4 Å². The van der Waals surface area contributed by atoms with Crippen LogP contribution in [0.5, 0.6) is 0 Å². The minimum Gasteiger partial charge on any atom is -0.310 e. The van der Waals surface area contributed by atoms with E-state index in [9.17, 15) is 13.2 Å². The molecular formula is C23H21ClN2O3S. The minimum absolute atomic E-state index is 0.0853. The smallest absolute Gasteiger partial charge is 0.264 e. The fourth-order valence-corrected chi connectivity index (χ4v) is 5.11. The fourth-order valence-electron chi connectivity index (χ4n) is 3.57. The van der Waals surface area contributed by atoms with Crippen molar-refractivity contribution in [1.82, 2.24) is 0 Å². The van der Waals surface area contributed by atoms with E-state index in [-0.39, 0.29) is 17.3 Å². The van der Waals surface area contributed by atoms with Crippen LogP contribution in [0, 0.1) is 6.92 Å². The standard InChI is InChI=1S/C23H21ClN2O3S/c1-17-6-10-20(11-7-17)26(30(28,29)21-12-8-19(24)9-13-21)16-23(27)25-15-14-18-4-2-3-5-22(18)25/h2-13H,14-16H2,1H3. The molecule has 1 heterocycles. The molecule has 1 aliphatic rings. The van der Waals surface area contributed by atoms with Crippen molar-refractivity contribution in [3.05, 3.63) is 88.9 Å². The maximum atomic E-state index is 13.4. The van der Waals surface area contributed by atoms with Gasteiger partial charge in [-0.1, -0.05) is 47.5 Å². The molecule has 0 bridgehead atoms. The first-order chi connectivity index (χ1) is 14.4. The fraction of sp³-hybridized carbons (Fsp3) is 0.174. The number of sulfonamides is 1. The summed E-state index contributed by atoms with van der Waals surface area (Å²) in [6.07, 6.45) is 0.760. The highest BCUT2D eigenvalue weighted by Gasteiger charge is 2.31. The number of amides is 1. The number of hydrogen-bond donors (Lipinski definition) is 0.